The van der Waals surface area contributed by atoms with Crippen molar-refractivity contribution < 1.29 is 19.3 Å². The number of fused-ring (bicyclic) bond motifs is 1. The van der Waals surface area contributed by atoms with Crippen LogP contribution in [0.25, 0.3) is 22.3 Å². The molecule has 0 aliphatic carbocycles. The van der Waals surface area contributed by atoms with E-state index in [1.807, 2.05) is 32.9 Å². The van der Waals surface area contributed by atoms with Crippen molar-refractivity contribution in [1.82, 2.24) is 14.6 Å². The van der Waals surface area contributed by atoms with Gasteiger partial charge in [0.05, 0.1) is 38.5 Å². The largest absolute Gasteiger partial charge is 0.496 e. The van der Waals surface area contributed by atoms with Crippen molar-refractivity contribution in [2.24, 2.45) is 5.10 Å². The maximum absolute atomic E-state index is 13.8. The first kappa shape index (κ1) is 30.9. The summed E-state index contributed by atoms with van der Waals surface area (Å²) >= 11 is 3.31. The quantitative estimate of drug-likeness (QED) is 0.0897. The third kappa shape index (κ3) is 6.26. The molecule has 3 aromatic carbocycles. The third-order valence-electron chi connectivity index (χ3n) is 6.90. The third-order valence-corrected chi connectivity index (χ3v) is 7.49. The van der Waals surface area contributed by atoms with Crippen molar-refractivity contribution in [3.8, 4) is 28.8 Å². The number of para-hydroxylation sites is 1. The van der Waals surface area contributed by atoms with Crippen LogP contribution < -0.4 is 15.0 Å². The number of hydrogen-bond donors (Lipinski definition) is 0. The maximum atomic E-state index is 13.8. The lowest BCUT2D eigenvalue weighted by molar-refractivity contribution is -0.385. The van der Waals surface area contributed by atoms with Crippen LogP contribution in [0.15, 0.2) is 81.2 Å². The van der Waals surface area contributed by atoms with E-state index < -0.39 is 21.1 Å². The molecule has 0 saturated heterocycles. The Morgan fingerprint density at radius 1 is 1.04 bits per heavy atom. The second-order valence-corrected chi connectivity index (χ2v) is 11.1. The number of nitrogens with zero attached hydrogens (tertiary/aromatic N) is 6. The van der Waals surface area contributed by atoms with Crippen LogP contribution in [-0.4, -0.2) is 37.8 Å². The molecule has 45 heavy (non-hydrogen) atoms. The van der Waals surface area contributed by atoms with Gasteiger partial charge in [-0.15, -0.1) is 0 Å². The Bertz CT molecular complexity index is 2060. The molecule has 5 rings (SSSR count). The van der Waals surface area contributed by atoms with Gasteiger partial charge in [0.1, 0.15) is 11.9 Å². The molecule has 0 atom stereocenters. The van der Waals surface area contributed by atoms with Gasteiger partial charge in [-0.1, -0.05) is 26.0 Å². The monoisotopic (exact) mass is 672 g/mol. The van der Waals surface area contributed by atoms with E-state index >= 15 is 0 Å². The van der Waals surface area contributed by atoms with Gasteiger partial charge < -0.3 is 9.47 Å². The summed E-state index contributed by atoms with van der Waals surface area (Å²) in [5.74, 6) is 0.865. The summed E-state index contributed by atoms with van der Waals surface area (Å²) in [6, 6.07) is 15.9. The highest BCUT2D eigenvalue weighted by atomic mass is 79.9. The molecule has 14 heteroatoms. The lowest BCUT2D eigenvalue weighted by Gasteiger charge is -2.17. The van der Waals surface area contributed by atoms with E-state index in [1.54, 1.807) is 31.4 Å². The molecule has 5 aromatic rings. The molecular weight excluding hydrogens is 648 g/mol. The van der Waals surface area contributed by atoms with E-state index in [1.165, 1.54) is 35.2 Å². The van der Waals surface area contributed by atoms with Crippen molar-refractivity contribution in [3.63, 3.8) is 0 Å². The minimum absolute atomic E-state index is 0.0834. The van der Waals surface area contributed by atoms with E-state index in [9.17, 15) is 25.0 Å². The molecule has 2 heterocycles. The number of rotatable bonds is 9. The number of aromatic nitrogens is 3. The van der Waals surface area contributed by atoms with Crippen molar-refractivity contribution >= 4 is 44.4 Å². The van der Waals surface area contributed by atoms with Crippen LogP contribution in [0.5, 0.6) is 17.4 Å². The summed E-state index contributed by atoms with van der Waals surface area (Å²) in [4.78, 5) is 44.1. The number of benzene rings is 3. The van der Waals surface area contributed by atoms with Gasteiger partial charge in [0.2, 0.25) is 11.6 Å². The normalized spacial score (nSPS) is 11.3. The molecular formula is C31H25BrN6O7. The van der Waals surface area contributed by atoms with E-state index in [2.05, 4.69) is 26.0 Å². The molecule has 0 N–H and O–H groups in total. The summed E-state index contributed by atoms with van der Waals surface area (Å²) in [7, 11) is 1.60. The number of hydrogen-bond acceptors (Lipinski definition) is 10. The Morgan fingerprint density at radius 3 is 2.44 bits per heavy atom. The molecule has 0 unspecified atom stereocenters. The van der Waals surface area contributed by atoms with Gasteiger partial charge in [0.25, 0.3) is 11.2 Å². The number of pyridine rings is 1. The van der Waals surface area contributed by atoms with Crippen LogP contribution in [0.4, 0.5) is 11.4 Å². The molecule has 0 radical (unpaired) electrons. The van der Waals surface area contributed by atoms with E-state index in [4.69, 9.17) is 14.5 Å². The van der Waals surface area contributed by atoms with Crippen LogP contribution in [0, 0.1) is 27.2 Å². The summed E-state index contributed by atoms with van der Waals surface area (Å²) in [6.45, 7) is 5.95. The van der Waals surface area contributed by atoms with Crippen molar-refractivity contribution in [2.75, 3.05) is 7.11 Å². The summed E-state index contributed by atoms with van der Waals surface area (Å²) in [6.07, 6.45) is 2.30. The van der Waals surface area contributed by atoms with Crippen LogP contribution in [-0.2, 0) is 0 Å². The average Bonchev–Trinajstić information content (AvgIpc) is 3.01. The zero-order valence-corrected chi connectivity index (χ0v) is 26.0. The highest BCUT2D eigenvalue weighted by molar-refractivity contribution is 9.10. The Morgan fingerprint density at radius 2 is 1.80 bits per heavy atom. The first-order valence-corrected chi connectivity index (χ1v) is 14.3. The van der Waals surface area contributed by atoms with E-state index in [0.717, 1.165) is 17.3 Å². The zero-order valence-electron chi connectivity index (χ0n) is 24.4. The first-order valence-electron chi connectivity index (χ1n) is 13.5. The average molecular weight is 673 g/mol. The molecule has 0 spiro atoms. The van der Waals surface area contributed by atoms with Crippen molar-refractivity contribution in [2.45, 2.75) is 26.7 Å². The van der Waals surface area contributed by atoms with E-state index in [0.29, 0.717) is 22.2 Å². The zero-order chi connectivity index (χ0) is 32.4. The number of nitro benzene ring substituents is 1. The Kier molecular flexibility index (Phi) is 8.68. The van der Waals surface area contributed by atoms with Crippen molar-refractivity contribution in [3.05, 3.63) is 119 Å². The Hall–Kier alpha value is -5.50. The second kappa shape index (κ2) is 12.6. The van der Waals surface area contributed by atoms with Crippen molar-refractivity contribution in [1.29, 1.82) is 0 Å². The summed E-state index contributed by atoms with van der Waals surface area (Å²) in [5, 5.41) is 27.8. The second-order valence-electron chi connectivity index (χ2n) is 10.2. The molecule has 0 bridgehead atoms. The predicted octanol–water partition coefficient (Wildman–Crippen LogP) is 7.15. The standard InChI is InChI=1S/C31H25BrN6O7/c1-17(2)22-14-23(18(3)11-27(22)44-4)30-35-25-8-6-5-7-21(25)31(39)36(30)34-15-19-12-24(32)29(26(13-19)38(42)43)45-28-10-9-20(16-33-28)37(40)41/h5-17H,1-4H3. The van der Waals surface area contributed by atoms with Gasteiger partial charge in [-0.25, -0.2) is 9.97 Å². The fourth-order valence-corrected chi connectivity index (χ4v) is 5.20. The number of aryl methyl sites for hydroxylation is 1. The minimum atomic E-state index is -0.647. The van der Waals surface area contributed by atoms with Crippen LogP contribution in [0.2, 0.25) is 0 Å². The summed E-state index contributed by atoms with van der Waals surface area (Å²) in [5.41, 5.74) is 2.06. The van der Waals surface area contributed by atoms with Gasteiger partial charge in [-0.3, -0.25) is 25.0 Å². The molecule has 2 aromatic heterocycles. The van der Waals surface area contributed by atoms with Gasteiger partial charge in [0, 0.05) is 29.3 Å². The van der Waals surface area contributed by atoms with Crippen LogP contribution >= 0.6 is 15.9 Å². The van der Waals surface area contributed by atoms with Gasteiger partial charge >= 0.3 is 5.69 Å². The maximum Gasteiger partial charge on any atom is 0.313 e. The molecule has 228 valence electrons. The summed E-state index contributed by atoms with van der Waals surface area (Å²) < 4.78 is 12.6. The molecule has 13 nitrogen and oxygen atoms in total. The number of methoxy groups -OCH3 is 1. The predicted molar refractivity (Wildman–Crippen MR) is 172 cm³/mol. The highest BCUT2D eigenvalue weighted by Gasteiger charge is 2.23. The fourth-order valence-electron chi connectivity index (χ4n) is 4.65. The molecule has 0 aliphatic heterocycles. The number of nitro groups is 2. The Labute approximate surface area is 264 Å². The topological polar surface area (TPSA) is 165 Å². The van der Waals surface area contributed by atoms with Crippen LogP contribution in [0.3, 0.4) is 0 Å². The van der Waals surface area contributed by atoms with Gasteiger partial charge in [-0.2, -0.15) is 9.78 Å². The lowest BCUT2D eigenvalue weighted by Crippen LogP contribution is -2.20. The van der Waals surface area contributed by atoms with Gasteiger partial charge in [-0.05, 0) is 70.2 Å². The van der Waals surface area contributed by atoms with Gasteiger partial charge in [0.15, 0.2) is 5.82 Å². The molecule has 0 amide bonds. The smallest absolute Gasteiger partial charge is 0.313 e. The fraction of sp³-hybridized carbons (Fsp3) is 0.161. The molecule has 0 fully saturated rings. The first-order chi connectivity index (χ1) is 21.5. The highest BCUT2D eigenvalue weighted by Crippen LogP contribution is 2.39. The SMILES string of the molecule is COc1cc(C)c(-c2nc3ccccc3c(=O)n2N=Cc2cc(Br)c(Oc3ccc([N+](=O)[O-])cn3)c([N+](=O)[O-])c2)cc1C(C)C. The molecule has 0 saturated carbocycles. The number of halogens is 1. The van der Waals surface area contributed by atoms with Crippen LogP contribution in [0.1, 0.15) is 36.5 Å². The molecule has 0 aliphatic rings. The minimum Gasteiger partial charge on any atom is -0.496 e. The Balaban J connectivity index is 1.63. The number of ether oxygens (including phenoxy) is 2. The van der Waals surface area contributed by atoms with E-state index in [-0.39, 0.29) is 39.1 Å². The lowest BCUT2D eigenvalue weighted by atomic mass is 9.96.